The second-order valence-corrected chi connectivity index (χ2v) is 7.26. The topological polar surface area (TPSA) is 69.6 Å². The normalized spacial score (nSPS) is 21.4. The third-order valence-corrected chi connectivity index (χ3v) is 5.31. The van der Waals surface area contributed by atoms with Gasteiger partial charge in [0.15, 0.2) is 0 Å². The third kappa shape index (κ3) is 5.48. The van der Waals surface area contributed by atoms with Crippen LogP contribution in [0.1, 0.15) is 71.1 Å². The van der Waals surface area contributed by atoms with Crippen molar-refractivity contribution < 1.29 is 14.7 Å². The molecule has 0 aromatic heterocycles. The maximum atomic E-state index is 12.3. The largest absolute Gasteiger partial charge is 0.389 e. The molecule has 5 heteroatoms. The van der Waals surface area contributed by atoms with E-state index in [1.165, 1.54) is 0 Å². The molecular formula is C18H32N2O3. The molecule has 0 unspecified atom stereocenters. The zero-order chi connectivity index (χ0) is 16.7. The summed E-state index contributed by atoms with van der Waals surface area (Å²) in [6.07, 6.45) is 8.60. The average Bonchev–Trinajstić information content (AvgIpc) is 2.97. The molecule has 0 bridgehead atoms. The van der Waals surface area contributed by atoms with Gasteiger partial charge in [-0.25, -0.2) is 0 Å². The first-order chi connectivity index (χ1) is 11.0. The van der Waals surface area contributed by atoms with E-state index >= 15 is 0 Å². The monoisotopic (exact) mass is 324 g/mol. The van der Waals surface area contributed by atoms with Gasteiger partial charge in [0.05, 0.1) is 12.0 Å². The molecule has 0 aromatic carbocycles. The quantitative estimate of drug-likeness (QED) is 0.706. The predicted octanol–water partition coefficient (Wildman–Crippen LogP) is 2.23. The molecular weight excluding hydrogens is 292 g/mol. The van der Waals surface area contributed by atoms with Crippen molar-refractivity contribution in [1.82, 2.24) is 10.2 Å². The van der Waals surface area contributed by atoms with Crippen LogP contribution in [0, 0.1) is 5.92 Å². The zero-order valence-electron chi connectivity index (χ0n) is 14.5. The standard InChI is InChI=1S/C18H32N2O3/c1-2-3-6-11-19-17(22)15-7-12-20(13-8-15)16(21)14-18(23)9-4-5-10-18/h15,23H,2-14H2,1H3,(H,19,22). The first-order valence-electron chi connectivity index (χ1n) is 9.32. The van der Waals surface area contributed by atoms with Crippen molar-refractivity contribution in [2.45, 2.75) is 76.7 Å². The van der Waals surface area contributed by atoms with Gasteiger partial charge in [-0.1, -0.05) is 32.6 Å². The second kappa shape index (κ2) is 8.67. The van der Waals surface area contributed by atoms with Gasteiger partial charge in [0.2, 0.25) is 11.8 Å². The molecule has 0 spiro atoms. The summed E-state index contributed by atoms with van der Waals surface area (Å²) in [4.78, 5) is 26.3. The Balaban J connectivity index is 1.68. The number of hydrogen-bond donors (Lipinski definition) is 2. The lowest BCUT2D eigenvalue weighted by molar-refractivity contribution is -0.139. The maximum Gasteiger partial charge on any atom is 0.225 e. The summed E-state index contributed by atoms with van der Waals surface area (Å²) in [5.41, 5.74) is -0.773. The van der Waals surface area contributed by atoms with Crippen molar-refractivity contribution in [2.75, 3.05) is 19.6 Å². The van der Waals surface area contributed by atoms with Crippen molar-refractivity contribution in [3.8, 4) is 0 Å². The Morgan fingerprint density at radius 3 is 2.43 bits per heavy atom. The lowest BCUT2D eigenvalue weighted by atomic mass is 9.93. The van der Waals surface area contributed by atoms with Crippen LogP contribution in [-0.4, -0.2) is 47.1 Å². The van der Waals surface area contributed by atoms with E-state index in [1.54, 1.807) is 0 Å². The molecule has 2 rings (SSSR count). The number of likely N-dealkylation sites (tertiary alicyclic amines) is 1. The number of piperidine rings is 1. The highest BCUT2D eigenvalue weighted by molar-refractivity contribution is 5.80. The van der Waals surface area contributed by atoms with E-state index in [1.807, 2.05) is 4.90 Å². The van der Waals surface area contributed by atoms with E-state index in [-0.39, 0.29) is 24.2 Å². The van der Waals surface area contributed by atoms with Crippen molar-refractivity contribution in [1.29, 1.82) is 0 Å². The first-order valence-corrected chi connectivity index (χ1v) is 9.32. The molecule has 2 fully saturated rings. The second-order valence-electron chi connectivity index (χ2n) is 7.26. The fourth-order valence-corrected chi connectivity index (χ4v) is 3.73. The molecule has 132 valence electrons. The molecule has 0 aromatic rings. The highest BCUT2D eigenvalue weighted by Gasteiger charge is 2.36. The molecule has 5 nitrogen and oxygen atoms in total. The highest BCUT2D eigenvalue weighted by atomic mass is 16.3. The fourth-order valence-electron chi connectivity index (χ4n) is 3.73. The van der Waals surface area contributed by atoms with Gasteiger partial charge in [0.1, 0.15) is 0 Å². The van der Waals surface area contributed by atoms with Crippen molar-refractivity contribution in [2.24, 2.45) is 5.92 Å². The molecule has 1 aliphatic carbocycles. The van der Waals surface area contributed by atoms with E-state index in [9.17, 15) is 14.7 Å². The van der Waals surface area contributed by atoms with Gasteiger partial charge in [-0.3, -0.25) is 9.59 Å². The van der Waals surface area contributed by atoms with Gasteiger partial charge < -0.3 is 15.3 Å². The van der Waals surface area contributed by atoms with Crippen LogP contribution in [0.4, 0.5) is 0 Å². The molecule has 1 heterocycles. The van der Waals surface area contributed by atoms with E-state index in [4.69, 9.17) is 0 Å². The van der Waals surface area contributed by atoms with Crippen LogP contribution in [-0.2, 0) is 9.59 Å². The van der Waals surface area contributed by atoms with Crippen LogP contribution in [0.5, 0.6) is 0 Å². The highest BCUT2D eigenvalue weighted by Crippen LogP contribution is 2.33. The van der Waals surface area contributed by atoms with Crippen LogP contribution >= 0.6 is 0 Å². The van der Waals surface area contributed by atoms with E-state index in [0.29, 0.717) is 13.1 Å². The number of unbranched alkanes of at least 4 members (excludes halogenated alkanes) is 2. The molecule has 2 aliphatic rings. The zero-order valence-corrected chi connectivity index (χ0v) is 14.5. The summed E-state index contributed by atoms with van der Waals surface area (Å²) in [5.74, 6) is 0.231. The number of amides is 2. The van der Waals surface area contributed by atoms with Crippen molar-refractivity contribution in [3.05, 3.63) is 0 Å². The number of nitrogens with zero attached hydrogens (tertiary/aromatic N) is 1. The molecule has 0 atom stereocenters. The minimum Gasteiger partial charge on any atom is -0.389 e. The smallest absolute Gasteiger partial charge is 0.225 e. The summed E-state index contributed by atoms with van der Waals surface area (Å²) in [7, 11) is 0. The van der Waals surface area contributed by atoms with Gasteiger partial charge >= 0.3 is 0 Å². The Labute approximate surface area is 139 Å². The molecule has 1 saturated heterocycles. The Kier molecular flexibility index (Phi) is 6.88. The van der Waals surface area contributed by atoms with Crippen LogP contribution < -0.4 is 5.32 Å². The van der Waals surface area contributed by atoms with E-state index in [2.05, 4.69) is 12.2 Å². The van der Waals surface area contributed by atoms with E-state index in [0.717, 1.165) is 64.3 Å². The van der Waals surface area contributed by atoms with Crippen LogP contribution in [0.25, 0.3) is 0 Å². The summed E-state index contributed by atoms with van der Waals surface area (Å²) >= 11 is 0. The molecule has 2 N–H and O–H groups in total. The summed E-state index contributed by atoms with van der Waals surface area (Å²) in [6.45, 7) is 4.19. The van der Waals surface area contributed by atoms with Crippen LogP contribution in [0.15, 0.2) is 0 Å². The van der Waals surface area contributed by atoms with Gasteiger partial charge in [-0.05, 0) is 32.1 Å². The molecule has 23 heavy (non-hydrogen) atoms. The Hall–Kier alpha value is -1.10. The van der Waals surface area contributed by atoms with Gasteiger partial charge in [-0.15, -0.1) is 0 Å². The molecule has 2 amide bonds. The number of carbonyl (C=O) groups is 2. The fraction of sp³-hybridized carbons (Fsp3) is 0.889. The van der Waals surface area contributed by atoms with Crippen LogP contribution in [0.2, 0.25) is 0 Å². The first kappa shape index (κ1) is 18.2. The Morgan fingerprint density at radius 1 is 1.17 bits per heavy atom. The summed E-state index contributed by atoms with van der Waals surface area (Å²) in [5, 5.41) is 13.4. The lowest BCUT2D eigenvalue weighted by Crippen LogP contribution is -2.45. The third-order valence-electron chi connectivity index (χ3n) is 5.31. The van der Waals surface area contributed by atoms with E-state index < -0.39 is 5.60 Å². The van der Waals surface area contributed by atoms with Gasteiger partial charge in [0.25, 0.3) is 0 Å². The lowest BCUT2D eigenvalue weighted by Gasteiger charge is -2.33. The van der Waals surface area contributed by atoms with Crippen LogP contribution in [0.3, 0.4) is 0 Å². The average molecular weight is 324 g/mol. The summed E-state index contributed by atoms with van der Waals surface area (Å²) < 4.78 is 0. The SMILES string of the molecule is CCCCCNC(=O)C1CCN(C(=O)CC2(O)CCCC2)CC1. The van der Waals surface area contributed by atoms with Crippen molar-refractivity contribution >= 4 is 11.8 Å². The minimum atomic E-state index is -0.773. The van der Waals surface area contributed by atoms with Crippen molar-refractivity contribution in [3.63, 3.8) is 0 Å². The molecule has 1 aliphatic heterocycles. The number of hydrogen-bond acceptors (Lipinski definition) is 3. The number of nitrogens with one attached hydrogen (secondary N) is 1. The number of aliphatic hydroxyl groups is 1. The number of rotatable bonds is 7. The summed E-state index contributed by atoms with van der Waals surface area (Å²) in [6, 6.07) is 0. The number of carbonyl (C=O) groups excluding carboxylic acids is 2. The Morgan fingerprint density at radius 2 is 1.83 bits per heavy atom. The molecule has 1 saturated carbocycles. The van der Waals surface area contributed by atoms with Gasteiger partial charge in [0, 0.05) is 25.6 Å². The minimum absolute atomic E-state index is 0.0373. The predicted molar refractivity (Wildman–Crippen MR) is 89.9 cm³/mol. The van der Waals surface area contributed by atoms with Gasteiger partial charge in [-0.2, -0.15) is 0 Å². The maximum absolute atomic E-state index is 12.3. The molecule has 0 radical (unpaired) electrons. The Bertz CT molecular complexity index is 397.